The minimum absolute atomic E-state index is 0.0198. The van der Waals surface area contributed by atoms with Gasteiger partial charge in [-0.25, -0.2) is 0 Å². The quantitative estimate of drug-likeness (QED) is 0.734. The van der Waals surface area contributed by atoms with Gasteiger partial charge in [0.05, 0.1) is 0 Å². The average molecular weight is 365 g/mol. The number of rotatable bonds is 0. The Labute approximate surface area is 157 Å². The Morgan fingerprint density at radius 2 is 1.89 bits per heavy atom. The lowest BCUT2D eigenvalue weighted by Crippen LogP contribution is -2.81. The number of hydrogen-bond acceptors (Lipinski definition) is 4. The van der Waals surface area contributed by atoms with Crippen molar-refractivity contribution < 1.29 is 14.4 Å². The standard InChI is InChI=1S/C21H23N3O3/c1-18(2)14-10-19-8-5-9-24(19)17(27)20(14,23-16(19)26)11-21(18)15(25)12-6-3-4-7-13(12)22-21/h3-4,6-7,14,22H,5,8-11H2,1-2H3,(H,23,26)/t14-,19+,20?,21+/m0/s1. The van der Waals surface area contributed by atoms with Crippen LogP contribution in [-0.2, 0) is 9.59 Å². The Bertz CT molecular complexity index is 956. The fourth-order valence-electron chi connectivity index (χ4n) is 7.02. The lowest BCUT2D eigenvalue weighted by molar-refractivity contribution is -0.175. The van der Waals surface area contributed by atoms with Crippen LogP contribution in [-0.4, -0.2) is 45.7 Å². The number of benzene rings is 1. The molecule has 7 rings (SSSR count). The number of nitrogens with zero attached hydrogens (tertiary/aromatic N) is 1. The Balaban J connectivity index is 1.55. The second-order valence-electron chi connectivity index (χ2n) is 9.58. The lowest BCUT2D eigenvalue weighted by atomic mass is 9.59. The molecule has 2 amide bonds. The van der Waals surface area contributed by atoms with Gasteiger partial charge in [-0.2, -0.15) is 0 Å². The molecule has 1 saturated carbocycles. The number of carbonyl (C=O) groups excluding carboxylic acids is 3. The van der Waals surface area contributed by atoms with Crippen LogP contribution in [0.1, 0.15) is 49.9 Å². The predicted octanol–water partition coefficient (Wildman–Crippen LogP) is 1.71. The van der Waals surface area contributed by atoms with Gasteiger partial charge in [0.25, 0.3) is 0 Å². The minimum atomic E-state index is -0.975. The van der Waals surface area contributed by atoms with E-state index in [-0.39, 0.29) is 23.5 Å². The van der Waals surface area contributed by atoms with Crippen molar-refractivity contribution in [1.82, 2.24) is 10.2 Å². The van der Waals surface area contributed by atoms with Crippen LogP contribution < -0.4 is 10.6 Å². The molecule has 6 aliphatic rings. The van der Waals surface area contributed by atoms with Gasteiger partial charge >= 0.3 is 0 Å². The van der Waals surface area contributed by atoms with Gasteiger partial charge in [-0.05, 0) is 31.4 Å². The van der Waals surface area contributed by atoms with E-state index in [2.05, 4.69) is 24.5 Å². The lowest BCUT2D eigenvalue weighted by Gasteiger charge is -2.58. The third-order valence-corrected chi connectivity index (χ3v) is 8.43. The number of piperidine rings is 2. The SMILES string of the molecule is CC1(C)[C@@H]2C[C@@]34CCCN3C(=O)C2(C[C@]12Nc1ccccc1C2=O)NC4=O. The zero-order chi connectivity index (χ0) is 18.8. The summed E-state index contributed by atoms with van der Waals surface area (Å²) in [6, 6.07) is 7.56. The molecule has 0 radical (unpaired) electrons. The maximum Gasteiger partial charge on any atom is 0.249 e. The number of nitrogens with one attached hydrogen (secondary N) is 2. The van der Waals surface area contributed by atoms with Crippen LogP contribution in [0.25, 0.3) is 0 Å². The van der Waals surface area contributed by atoms with Crippen molar-refractivity contribution in [3.8, 4) is 0 Å². The van der Waals surface area contributed by atoms with Gasteiger partial charge in [-0.15, -0.1) is 0 Å². The van der Waals surface area contributed by atoms with E-state index in [1.807, 2.05) is 29.2 Å². The Morgan fingerprint density at radius 1 is 1.11 bits per heavy atom. The van der Waals surface area contributed by atoms with E-state index in [0.29, 0.717) is 24.9 Å². The minimum Gasteiger partial charge on any atom is -0.371 e. The van der Waals surface area contributed by atoms with Crippen LogP contribution in [0.3, 0.4) is 0 Å². The van der Waals surface area contributed by atoms with Crippen molar-refractivity contribution in [2.75, 3.05) is 11.9 Å². The molecule has 0 aromatic heterocycles. The number of fused-ring (bicyclic) bond motifs is 2. The van der Waals surface area contributed by atoms with Crippen molar-refractivity contribution >= 4 is 23.3 Å². The van der Waals surface area contributed by atoms with E-state index < -0.39 is 22.0 Å². The molecule has 4 saturated heterocycles. The highest BCUT2D eigenvalue weighted by Gasteiger charge is 2.80. The molecule has 6 nitrogen and oxygen atoms in total. The second-order valence-corrected chi connectivity index (χ2v) is 9.58. The number of Topliss-reactive ketones (excluding diaryl/α,β-unsaturated/α-hetero) is 1. The van der Waals surface area contributed by atoms with Gasteiger partial charge in [0, 0.05) is 35.5 Å². The summed E-state index contributed by atoms with van der Waals surface area (Å²) in [6.07, 6.45) is 2.57. The summed E-state index contributed by atoms with van der Waals surface area (Å²) in [4.78, 5) is 42.0. The van der Waals surface area contributed by atoms with Crippen LogP contribution in [0.4, 0.5) is 5.69 Å². The number of para-hydroxylation sites is 1. The van der Waals surface area contributed by atoms with E-state index in [4.69, 9.17) is 0 Å². The van der Waals surface area contributed by atoms with Gasteiger partial charge < -0.3 is 15.5 Å². The normalized spacial score (nSPS) is 42.8. The summed E-state index contributed by atoms with van der Waals surface area (Å²) in [6.45, 7) is 4.84. The van der Waals surface area contributed by atoms with E-state index in [9.17, 15) is 14.4 Å². The van der Waals surface area contributed by atoms with Crippen LogP contribution in [0.15, 0.2) is 24.3 Å². The van der Waals surface area contributed by atoms with Crippen LogP contribution in [0.5, 0.6) is 0 Å². The molecule has 1 aromatic carbocycles. The molecule has 3 spiro atoms. The second kappa shape index (κ2) is 4.21. The van der Waals surface area contributed by atoms with E-state index in [1.165, 1.54) is 0 Å². The van der Waals surface area contributed by atoms with E-state index in [1.54, 1.807) is 0 Å². The van der Waals surface area contributed by atoms with Crippen molar-refractivity contribution in [3.63, 3.8) is 0 Å². The molecule has 5 heterocycles. The number of anilines is 1. The number of piperazine rings is 1. The van der Waals surface area contributed by atoms with E-state index >= 15 is 0 Å². The maximum absolute atomic E-state index is 13.6. The first kappa shape index (κ1) is 15.7. The summed E-state index contributed by atoms with van der Waals surface area (Å²) in [5, 5.41) is 6.65. The fourth-order valence-corrected chi connectivity index (χ4v) is 7.02. The first-order valence-electron chi connectivity index (χ1n) is 9.85. The van der Waals surface area contributed by atoms with Gasteiger partial charge in [-0.3, -0.25) is 14.4 Å². The summed E-state index contributed by atoms with van der Waals surface area (Å²) < 4.78 is 0. The molecule has 2 N–H and O–H groups in total. The summed E-state index contributed by atoms with van der Waals surface area (Å²) in [5.74, 6) is -0.0108. The molecule has 1 aromatic rings. The first-order chi connectivity index (χ1) is 12.8. The van der Waals surface area contributed by atoms with Crippen LogP contribution in [0.2, 0.25) is 0 Å². The topological polar surface area (TPSA) is 78.5 Å². The highest BCUT2D eigenvalue weighted by atomic mass is 16.2. The van der Waals surface area contributed by atoms with Crippen LogP contribution >= 0.6 is 0 Å². The molecular weight excluding hydrogens is 342 g/mol. The third kappa shape index (κ3) is 1.38. The van der Waals surface area contributed by atoms with Crippen LogP contribution in [0, 0.1) is 11.3 Å². The van der Waals surface area contributed by atoms with Gasteiger partial charge in [-0.1, -0.05) is 26.0 Å². The molecule has 1 unspecified atom stereocenters. The van der Waals surface area contributed by atoms with Gasteiger partial charge in [0.15, 0.2) is 5.78 Å². The average Bonchev–Trinajstić information content (AvgIpc) is 3.24. The van der Waals surface area contributed by atoms with Crippen molar-refractivity contribution in [2.45, 2.75) is 56.1 Å². The van der Waals surface area contributed by atoms with Gasteiger partial charge in [0.2, 0.25) is 11.8 Å². The third-order valence-electron chi connectivity index (χ3n) is 8.43. The Morgan fingerprint density at radius 3 is 2.67 bits per heavy atom. The molecule has 2 bridgehead atoms. The number of amides is 2. The molecular formula is C21H23N3O3. The smallest absolute Gasteiger partial charge is 0.249 e. The van der Waals surface area contributed by atoms with Crippen molar-refractivity contribution in [2.24, 2.45) is 11.3 Å². The molecule has 1 aliphatic carbocycles. The molecule has 5 aliphatic heterocycles. The van der Waals surface area contributed by atoms with Gasteiger partial charge in [0.1, 0.15) is 16.6 Å². The Kier molecular flexibility index (Phi) is 2.44. The van der Waals surface area contributed by atoms with E-state index in [0.717, 1.165) is 18.5 Å². The highest BCUT2D eigenvalue weighted by molar-refractivity contribution is 6.16. The molecule has 6 heteroatoms. The zero-order valence-corrected chi connectivity index (χ0v) is 15.6. The summed E-state index contributed by atoms with van der Waals surface area (Å²) in [5.41, 5.74) is -1.49. The predicted molar refractivity (Wildman–Crippen MR) is 98.2 cm³/mol. The fraction of sp³-hybridized carbons (Fsp3) is 0.571. The molecule has 140 valence electrons. The maximum atomic E-state index is 13.6. The number of ketones is 1. The van der Waals surface area contributed by atoms with Crippen molar-refractivity contribution in [1.29, 1.82) is 0 Å². The summed E-state index contributed by atoms with van der Waals surface area (Å²) in [7, 11) is 0. The highest BCUT2D eigenvalue weighted by Crippen LogP contribution is 2.66. The number of hydrogen-bond donors (Lipinski definition) is 2. The molecule has 27 heavy (non-hydrogen) atoms. The monoisotopic (exact) mass is 365 g/mol. The summed E-state index contributed by atoms with van der Waals surface area (Å²) >= 11 is 0. The van der Waals surface area contributed by atoms with Crippen molar-refractivity contribution in [3.05, 3.63) is 29.8 Å². The first-order valence-corrected chi connectivity index (χ1v) is 9.85. The largest absolute Gasteiger partial charge is 0.371 e. The zero-order valence-electron chi connectivity index (χ0n) is 15.6. The molecule has 4 atom stereocenters. The number of carbonyl (C=O) groups is 3. The Hall–Kier alpha value is -2.37. The molecule has 5 fully saturated rings.